The van der Waals surface area contributed by atoms with E-state index in [-0.39, 0.29) is 0 Å². The predicted molar refractivity (Wildman–Crippen MR) is 57.8 cm³/mol. The van der Waals surface area contributed by atoms with Crippen molar-refractivity contribution in [2.45, 2.75) is 13.8 Å². The second kappa shape index (κ2) is 5.60. The molecule has 0 radical (unpaired) electrons. The highest BCUT2D eigenvalue weighted by Crippen LogP contribution is 2.13. The molecule has 2 nitrogen and oxygen atoms in total. The van der Waals surface area contributed by atoms with Gasteiger partial charge in [-0.2, -0.15) is 5.12 Å². The van der Waals surface area contributed by atoms with Crippen LogP contribution in [-0.2, 0) is 0 Å². The molecule has 0 aliphatic carbocycles. The molecule has 0 N–H and O–H groups in total. The highest BCUT2D eigenvalue weighted by atomic mass is 19.2. The molecule has 3 heteroatoms. The van der Waals surface area contributed by atoms with Crippen molar-refractivity contribution in [3.8, 4) is 0 Å². The van der Waals surface area contributed by atoms with E-state index in [0.717, 1.165) is 18.2 Å². The number of anilines is 1. The molecule has 14 heavy (non-hydrogen) atoms. The predicted octanol–water partition coefficient (Wildman–Crippen LogP) is 2.68. The molecule has 0 heterocycles. The number of nitrogens with zero attached hydrogens (tertiary/aromatic N) is 2. The fourth-order valence-corrected chi connectivity index (χ4v) is 1.27. The van der Waals surface area contributed by atoms with Crippen LogP contribution in [-0.4, -0.2) is 24.7 Å². The monoisotopic (exact) mass is 196 g/mol. The molecule has 0 amide bonds. The molecule has 0 atom stereocenters. The van der Waals surface area contributed by atoms with Gasteiger partial charge in [0.2, 0.25) is 0 Å². The first-order chi connectivity index (χ1) is 6.77. The van der Waals surface area contributed by atoms with Gasteiger partial charge in [-0.1, -0.05) is 36.5 Å². The maximum Gasteiger partial charge on any atom is 0.103 e. The summed E-state index contributed by atoms with van der Waals surface area (Å²) < 4.78 is 13.6. The summed E-state index contributed by atoms with van der Waals surface area (Å²) in [5.74, 6) is 0. The van der Waals surface area contributed by atoms with Gasteiger partial charge >= 0.3 is 0 Å². The number of rotatable bonds is 5. The van der Waals surface area contributed by atoms with Gasteiger partial charge in [-0.05, 0) is 25.2 Å². The van der Waals surface area contributed by atoms with Crippen LogP contribution >= 0.6 is 0 Å². The number of para-hydroxylation sites is 1. The van der Waals surface area contributed by atoms with Gasteiger partial charge in [0.1, 0.15) is 6.67 Å². The van der Waals surface area contributed by atoms with Gasteiger partial charge in [0.25, 0.3) is 0 Å². The molecule has 1 rings (SSSR count). The number of benzene rings is 1. The lowest BCUT2D eigenvalue weighted by molar-refractivity contribution is 0.248. The van der Waals surface area contributed by atoms with Crippen LogP contribution in [0.2, 0.25) is 0 Å². The Morgan fingerprint density at radius 2 is 1.64 bits per heavy atom. The Labute approximate surface area is 84.9 Å². The minimum absolute atomic E-state index is 0.330. The zero-order valence-electron chi connectivity index (χ0n) is 8.78. The number of halogens is 1. The van der Waals surface area contributed by atoms with E-state index in [9.17, 15) is 4.48 Å². The molecule has 1 aromatic carbocycles. The third kappa shape index (κ3) is 3.00. The third-order valence-electron chi connectivity index (χ3n) is 2.25. The first-order valence-electron chi connectivity index (χ1n) is 4.98. The largest absolute Gasteiger partial charge is 0.284 e. The highest BCUT2D eigenvalue weighted by molar-refractivity contribution is 5.42. The van der Waals surface area contributed by atoms with Crippen molar-refractivity contribution in [3.05, 3.63) is 30.3 Å². The molecule has 0 saturated carbocycles. The maximum atomic E-state index is 13.6. The SMILES string of the molecule is CCN(CC)CN(F)c1ccccc1. The van der Waals surface area contributed by atoms with Crippen LogP contribution in [0, 0.1) is 0 Å². The molecule has 0 fully saturated rings. The lowest BCUT2D eigenvalue weighted by atomic mass is 10.3. The Balaban J connectivity index is 2.54. The van der Waals surface area contributed by atoms with Crippen molar-refractivity contribution in [3.63, 3.8) is 0 Å². The molecule has 0 aliphatic rings. The second-order valence-corrected chi connectivity index (χ2v) is 3.14. The minimum atomic E-state index is 0.330. The molecule has 0 unspecified atom stereocenters. The quantitative estimate of drug-likeness (QED) is 0.527. The van der Waals surface area contributed by atoms with Gasteiger partial charge in [0, 0.05) is 0 Å². The molecule has 0 spiro atoms. The van der Waals surface area contributed by atoms with Crippen molar-refractivity contribution in [1.82, 2.24) is 4.90 Å². The Kier molecular flexibility index (Phi) is 4.40. The Morgan fingerprint density at radius 1 is 1.07 bits per heavy atom. The number of hydrogen-bond donors (Lipinski definition) is 0. The van der Waals surface area contributed by atoms with Crippen LogP contribution in [0.3, 0.4) is 0 Å². The normalized spacial score (nSPS) is 10.6. The molecular weight excluding hydrogens is 179 g/mol. The lowest BCUT2D eigenvalue weighted by Gasteiger charge is -2.23. The highest BCUT2D eigenvalue weighted by Gasteiger charge is 2.07. The smallest absolute Gasteiger partial charge is 0.103 e. The van der Waals surface area contributed by atoms with Crippen LogP contribution in [0.5, 0.6) is 0 Å². The van der Waals surface area contributed by atoms with Crippen LogP contribution < -0.4 is 5.12 Å². The van der Waals surface area contributed by atoms with Gasteiger partial charge in [0.15, 0.2) is 0 Å². The summed E-state index contributed by atoms with van der Waals surface area (Å²) >= 11 is 0. The second-order valence-electron chi connectivity index (χ2n) is 3.14. The Hall–Kier alpha value is -1.09. The van der Waals surface area contributed by atoms with Gasteiger partial charge in [-0.3, -0.25) is 4.90 Å². The summed E-state index contributed by atoms with van der Waals surface area (Å²) in [6, 6.07) is 9.09. The zero-order chi connectivity index (χ0) is 10.4. The molecule has 1 aromatic rings. The average molecular weight is 196 g/mol. The van der Waals surface area contributed by atoms with Crippen LogP contribution in [0.15, 0.2) is 30.3 Å². The van der Waals surface area contributed by atoms with E-state index < -0.39 is 0 Å². The van der Waals surface area contributed by atoms with Gasteiger partial charge in [0.05, 0.1) is 5.69 Å². The first-order valence-corrected chi connectivity index (χ1v) is 4.98. The maximum absolute atomic E-state index is 13.6. The van der Waals surface area contributed by atoms with Gasteiger partial charge in [-0.25, -0.2) is 0 Å². The standard InChI is InChI=1S/C11H17FN2/c1-3-13(4-2)10-14(12)11-8-6-5-7-9-11/h5-9H,3-4,10H2,1-2H3. The van der Waals surface area contributed by atoms with E-state index in [1.54, 1.807) is 12.1 Å². The average Bonchev–Trinajstić information content (AvgIpc) is 2.26. The third-order valence-corrected chi connectivity index (χ3v) is 2.25. The van der Waals surface area contributed by atoms with Crippen molar-refractivity contribution in [1.29, 1.82) is 0 Å². The molecule has 0 aromatic heterocycles. The molecule has 0 aliphatic heterocycles. The Bertz CT molecular complexity index is 247. The fraction of sp³-hybridized carbons (Fsp3) is 0.455. The van der Waals surface area contributed by atoms with Crippen molar-refractivity contribution < 1.29 is 4.48 Å². The van der Waals surface area contributed by atoms with Crippen LogP contribution in [0.1, 0.15) is 13.8 Å². The van der Waals surface area contributed by atoms with E-state index in [0.29, 0.717) is 12.4 Å². The Morgan fingerprint density at radius 3 is 2.14 bits per heavy atom. The zero-order valence-corrected chi connectivity index (χ0v) is 8.78. The van der Waals surface area contributed by atoms with Crippen molar-refractivity contribution >= 4 is 5.69 Å². The fourth-order valence-electron chi connectivity index (χ4n) is 1.27. The number of hydrogen-bond acceptors (Lipinski definition) is 2. The molecule has 0 bridgehead atoms. The summed E-state index contributed by atoms with van der Waals surface area (Å²) in [5, 5.41) is 0.771. The van der Waals surface area contributed by atoms with E-state index in [4.69, 9.17) is 0 Å². The lowest BCUT2D eigenvalue weighted by Crippen LogP contribution is -2.33. The summed E-state index contributed by atoms with van der Waals surface area (Å²) in [4.78, 5) is 2.02. The topological polar surface area (TPSA) is 6.48 Å². The summed E-state index contributed by atoms with van der Waals surface area (Å²) in [6.45, 7) is 6.12. The van der Waals surface area contributed by atoms with Crippen LogP contribution in [0.4, 0.5) is 10.2 Å². The van der Waals surface area contributed by atoms with Gasteiger partial charge in [-0.15, -0.1) is 0 Å². The first kappa shape index (κ1) is 11.0. The van der Waals surface area contributed by atoms with Crippen LogP contribution in [0.25, 0.3) is 0 Å². The summed E-state index contributed by atoms with van der Waals surface area (Å²) in [6.07, 6.45) is 0. The van der Waals surface area contributed by atoms with Crippen molar-refractivity contribution in [2.24, 2.45) is 0 Å². The van der Waals surface area contributed by atoms with Gasteiger partial charge < -0.3 is 0 Å². The minimum Gasteiger partial charge on any atom is -0.284 e. The van der Waals surface area contributed by atoms with E-state index in [2.05, 4.69) is 0 Å². The van der Waals surface area contributed by atoms with Crippen molar-refractivity contribution in [2.75, 3.05) is 24.9 Å². The van der Waals surface area contributed by atoms with E-state index in [1.807, 2.05) is 36.9 Å². The summed E-state index contributed by atoms with van der Waals surface area (Å²) in [5.41, 5.74) is 0.611. The van der Waals surface area contributed by atoms with E-state index in [1.165, 1.54) is 0 Å². The summed E-state index contributed by atoms with van der Waals surface area (Å²) in [7, 11) is 0. The molecular formula is C11H17FN2. The molecule has 78 valence electrons. The van der Waals surface area contributed by atoms with E-state index >= 15 is 0 Å². The molecule has 0 saturated heterocycles.